The molecule has 9 heteroatoms. The van der Waals surface area contributed by atoms with Crippen LogP contribution in [0.2, 0.25) is 10.0 Å². The van der Waals surface area contributed by atoms with Crippen molar-refractivity contribution < 1.29 is 9.21 Å². The lowest BCUT2D eigenvalue weighted by Crippen LogP contribution is -2.29. The summed E-state index contributed by atoms with van der Waals surface area (Å²) in [5.41, 5.74) is 0.982. The minimum Gasteiger partial charge on any atom is -0.450 e. The first-order valence-corrected chi connectivity index (χ1v) is 11.6. The average Bonchev–Trinajstić information content (AvgIpc) is 3.31. The first-order valence-electron chi connectivity index (χ1n) is 10.0. The van der Waals surface area contributed by atoms with E-state index < -0.39 is 11.9 Å². The monoisotopic (exact) mass is 485 g/mol. The minimum atomic E-state index is -0.714. The van der Waals surface area contributed by atoms with Crippen LogP contribution in [0.5, 0.6) is 0 Å². The molecule has 162 valence electrons. The molecule has 0 saturated carbocycles. The lowest BCUT2D eigenvalue weighted by molar-refractivity contribution is 0.0970. The highest BCUT2D eigenvalue weighted by Gasteiger charge is 2.45. The molecular weight excluding hydrogens is 469 g/mol. The minimum absolute atomic E-state index is 0.00498. The standard InChI is InChI=1S/C23H17Cl2N3O3S/c1-11(2)9-17-26-27-23(32-17)28-19(12-3-5-13(24)6-4-12)18-20(29)15-10-14(25)7-8-16(15)31-21(18)22(28)30/h3-8,10-11,19H,9H2,1-2H3/t19-/m1/s1. The Morgan fingerprint density at radius 1 is 1.06 bits per heavy atom. The van der Waals surface area contributed by atoms with Crippen molar-refractivity contribution in [2.75, 3.05) is 4.90 Å². The largest absolute Gasteiger partial charge is 0.450 e. The molecule has 3 heterocycles. The highest BCUT2D eigenvalue weighted by Crippen LogP contribution is 2.42. The highest BCUT2D eigenvalue weighted by atomic mass is 35.5. The molecule has 0 N–H and O–H groups in total. The van der Waals surface area contributed by atoms with Crippen LogP contribution in [0.25, 0.3) is 11.0 Å². The van der Waals surface area contributed by atoms with Gasteiger partial charge in [-0.05, 0) is 41.8 Å². The second kappa shape index (κ2) is 7.99. The average molecular weight is 486 g/mol. The number of aromatic nitrogens is 2. The van der Waals surface area contributed by atoms with Crippen molar-refractivity contribution in [3.8, 4) is 0 Å². The second-order valence-electron chi connectivity index (χ2n) is 8.02. The van der Waals surface area contributed by atoms with E-state index in [4.69, 9.17) is 27.6 Å². The Morgan fingerprint density at radius 3 is 2.50 bits per heavy atom. The van der Waals surface area contributed by atoms with Gasteiger partial charge in [-0.3, -0.25) is 14.5 Å². The third-order valence-electron chi connectivity index (χ3n) is 5.26. The molecule has 1 amide bonds. The van der Waals surface area contributed by atoms with Crippen molar-refractivity contribution in [1.82, 2.24) is 10.2 Å². The number of benzene rings is 2. The molecule has 1 atom stereocenters. The molecule has 0 saturated heterocycles. The molecule has 0 spiro atoms. The lowest BCUT2D eigenvalue weighted by Gasteiger charge is -2.22. The number of hydrogen-bond acceptors (Lipinski definition) is 6. The van der Waals surface area contributed by atoms with Gasteiger partial charge in [0.25, 0.3) is 5.91 Å². The first-order chi connectivity index (χ1) is 15.3. The maximum atomic E-state index is 13.5. The summed E-state index contributed by atoms with van der Waals surface area (Å²) in [5, 5.41) is 11.1. The van der Waals surface area contributed by atoms with Crippen molar-refractivity contribution in [3.63, 3.8) is 0 Å². The van der Waals surface area contributed by atoms with Crippen LogP contribution in [0, 0.1) is 5.92 Å². The Bertz CT molecular complexity index is 1410. The topological polar surface area (TPSA) is 76.3 Å². The van der Waals surface area contributed by atoms with E-state index in [1.54, 1.807) is 42.5 Å². The zero-order valence-corrected chi connectivity index (χ0v) is 19.5. The number of carbonyl (C=O) groups is 1. The molecule has 2 aromatic carbocycles. The second-order valence-corrected chi connectivity index (χ2v) is 9.93. The van der Waals surface area contributed by atoms with E-state index in [2.05, 4.69) is 24.0 Å². The summed E-state index contributed by atoms with van der Waals surface area (Å²) in [6.07, 6.45) is 0.748. The molecule has 0 bridgehead atoms. The van der Waals surface area contributed by atoms with Crippen LogP contribution in [-0.2, 0) is 6.42 Å². The number of anilines is 1. The van der Waals surface area contributed by atoms with Gasteiger partial charge >= 0.3 is 0 Å². The predicted octanol–water partition coefficient (Wildman–Crippen LogP) is 5.90. The van der Waals surface area contributed by atoms with Crippen LogP contribution >= 0.6 is 34.5 Å². The summed E-state index contributed by atoms with van der Waals surface area (Å²) in [7, 11) is 0. The maximum Gasteiger partial charge on any atom is 0.297 e. The van der Waals surface area contributed by atoms with E-state index >= 15 is 0 Å². The molecule has 5 rings (SSSR count). The molecular formula is C23H17Cl2N3O3S. The van der Waals surface area contributed by atoms with Crippen molar-refractivity contribution in [3.05, 3.63) is 84.6 Å². The van der Waals surface area contributed by atoms with Gasteiger partial charge in [0.2, 0.25) is 10.9 Å². The van der Waals surface area contributed by atoms with Gasteiger partial charge in [0.1, 0.15) is 10.6 Å². The lowest BCUT2D eigenvalue weighted by atomic mass is 9.99. The maximum absolute atomic E-state index is 13.5. The van der Waals surface area contributed by atoms with Gasteiger partial charge in [0.15, 0.2) is 5.43 Å². The van der Waals surface area contributed by atoms with Gasteiger partial charge in [-0.15, -0.1) is 10.2 Å². The van der Waals surface area contributed by atoms with Gasteiger partial charge < -0.3 is 4.42 Å². The SMILES string of the molecule is CC(C)Cc1nnc(N2C(=O)c3oc4ccc(Cl)cc4c(=O)c3[C@H]2c2ccc(Cl)cc2)s1. The normalized spacial score (nSPS) is 15.7. The smallest absolute Gasteiger partial charge is 0.297 e. The fourth-order valence-corrected chi connectivity index (χ4v) is 5.25. The van der Waals surface area contributed by atoms with Gasteiger partial charge in [-0.1, -0.05) is 60.5 Å². The molecule has 32 heavy (non-hydrogen) atoms. The Hall–Kier alpha value is -2.74. The van der Waals surface area contributed by atoms with E-state index in [1.807, 2.05) is 0 Å². The number of rotatable bonds is 4. The summed E-state index contributed by atoms with van der Waals surface area (Å²) in [4.78, 5) is 28.5. The van der Waals surface area contributed by atoms with Crippen molar-refractivity contribution in [2.45, 2.75) is 26.3 Å². The fraction of sp³-hybridized carbons (Fsp3) is 0.217. The van der Waals surface area contributed by atoms with Gasteiger partial charge in [0, 0.05) is 16.5 Å². The van der Waals surface area contributed by atoms with Gasteiger partial charge in [-0.25, -0.2) is 0 Å². The van der Waals surface area contributed by atoms with Gasteiger partial charge in [-0.2, -0.15) is 0 Å². The number of amides is 1. The van der Waals surface area contributed by atoms with Crippen molar-refractivity contribution in [2.24, 2.45) is 5.92 Å². The molecule has 6 nitrogen and oxygen atoms in total. The molecule has 1 aliphatic heterocycles. The first kappa shape index (κ1) is 21.1. The molecule has 4 aromatic rings. The molecule has 0 radical (unpaired) electrons. The Morgan fingerprint density at radius 2 is 1.78 bits per heavy atom. The Balaban J connectivity index is 1.74. The van der Waals surface area contributed by atoms with Gasteiger partial charge in [0.05, 0.1) is 17.0 Å². The van der Waals surface area contributed by atoms with Crippen molar-refractivity contribution in [1.29, 1.82) is 0 Å². The summed E-state index contributed by atoms with van der Waals surface area (Å²) >= 11 is 13.5. The van der Waals surface area contributed by atoms with Crippen LogP contribution in [0.4, 0.5) is 5.13 Å². The van der Waals surface area contributed by atoms with Crippen LogP contribution in [0.15, 0.2) is 51.7 Å². The summed E-state index contributed by atoms with van der Waals surface area (Å²) in [5.74, 6) is -0.0286. The van der Waals surface area contributed by atoms with Crippen LogP contribution < -0.4 is 10.3 Å². The van der Waals surface area contributed by atoms with E-state index in [9.17, 15) is 9.59 Å². The third kappa shape index (κ3) is 3.50. The van der Waals surface area contributed by atoms with Crippen LogP contribution in [0.1, 0.15) is 46.6 Å². The van der Waals surface area contributed by atoms with Crippen molar-refractivity contribution >= 4 is 56.5 Å². The molecule has 0 fully saturated rings. The molecule has 0 aliphatic carbocycles. The Labute approximate surface area is 197 Å². The third-order valence-corrected chi connectivity index (χ3v) is 6.69. The quantitative estimate of drug-likeness (QED) is 0.359. The predicted molar refractivity (Wildman–Crippen MR) is 126 cm³/mol. The number of hydrogen-bond donors (Lipinski definition) is 0. The number of nitrogens with zero attached hydrogens (tertiary/aromatic N) is 3. The van der Waals surface area contributed by atoms with E-state index in [-0.39, 0.29) is 16.8 Å². The number of halogens is 2. The van der Waals surface area contributed by atoms with Crippen LogP contribution in [-0.4, -0.2) is 16.1 Å². The van der Waals surface area contributed by atoms with E-state index in [0.29, 0.717) is 32.1 Å². The zero-order chi connectivity index (χ0) is 22.6. The summed E-state index contributed by atoms with van der Waals surface area (Å²) < 4.78 is 5.93. The number of carbonyl (C=O) groups excluding carboxylic acids is 1. The molecule has 1 aliphatic rings. The molecule has 2 aromatic heterocycles. The molecule has 0 unspecified atom stereocenters. The summed E-state index contributed by atoms with van der Waals surface area (Å²) in [6, 6.07) is 11.1. The van der Waals surface area contributed by atoms with E-state index in [0.717, 1.165) is 17.0 Å². The van der Waals surface area contributed by atoms with Crippen LogP contribution in [0.3, 0.4) is 0 Å². The van der Waals surface area contributed by atoms with E-state index in [1.165, 1.54) is 16.2 Å². The summed E-state index contributed by atoms with van der Waals surface area (Å²) in [6.45, 7) is 4.18. The zero-order valence-electron chi connectivity index (χ0n) is 17.1. The fourth-order valence-electron chi connectivity index (χ4n) is 3.88. The Kier molecular flexibility index (Phi) is 5.28. The number of fused-ring (bicyclic) bond motifs is 2. The highest BCUT2D eigenvalue weighted by molar-refractivity contribution is 7.15.